The summed E-state index contributed by atoms with van der Waals surface area (Å²) in [6.07, 6.45) is 0. The van der Waals surface area contributed by atoms with E-state index in [1.54, 1.807) is 11.8 Å². The lowest BCUT2D eigenvalue weighted by Gasteiger charge is -2.20. The minimum Gasteiger partial charge on any atom is -0.469 e. The lowest BCUT2D eigenvalue weighted by atomic mass is 9.97. The van der Waals surface area contributed by atoms with Crippen LogP contribution >= 0.6 is 11.8 Å². The van der Waals surface area contributed by atoms with E-state index in [0.29, 0.717) is 5.75 Å². The monoisotopic (exact) mass is 267 g/mol. The Labute approximate surface area is 113 Å². The molecule has 0 spiro atoms. The molecule has 4 heteroatoms. The van der Waals surface area contributed by atoms with Crippen molar-refractivity contribution >= 4 is 17.7 Å². The van der Waals surface area contributed by atoms with Crippen LogP contribution in [0.25, 0.3) is 0 Å². The fourth-order valence-electron chi connectivity index (χ4n) is 1.51. The van der Waals surface area contributed by atoms with Gasteiger partial charge < -0.3 is 10.1 Å². The minimum atomic E-state index is -0.455. The van der Waals surface area contributed by atoms with Gasteiger partial charge in [0.25, 0.3) is 0 Å². The molecule has 0 fully saturated rings. The standard InChI is InChI=1S/C14H21NO2S/c1-14(2,13(16)17-4)10-18-12-7-5-11(6-8-12)9-15-3/h5-8,15H,9-10H2,1-4H3. The lowest BCUT2D eigenvalue weighted by molar-refractivity contribution is -0.149. The minimum absolute atomic E-state index is 0.165. The smallest absolute Gasteiger partial charge is 0.312 e. The molecule has 0 aliphatic rings. The molecule has 1 aromatic carbocycles. The molecule has 0 amide bonds. The second-order valence-corrected chi connectivity index (χ2v) is 5.89. The highest BCUT2D eigenvalue weighted by Crippen LogP contribution is 2.28. The lowest BCUT2D eigenvalue weighted by Crippen LogP contribution is -2.28. The number of methoxy groups -OCH3 is 1. The van der Waals surface area contributed by atoms with E-state index in [4.69, 9.17) is 4.74 Å². The van der Waals surface area contributed by atoms with Gasteiger partial charge in [-0.25, -0.2) is 0 Å². The van der Waals surface area contributed by atoms with Crippen molar-refractivity contribution in [3.05, 3.63) is 29.8 Å². The summed E-state index contributed by atoms with van der Waals surface area (Å²) in [7, 11) is 3.36. The summed E-state index contributed by atoms with van der Waals surface area (Å²) in [6, 6.07) is 8.38. The molecule has 0 saturated heterocycles. The molecule has 1 aromatic rings. The number of benzene rings is 1. The van der Waals surface area contributed by atoms with Crippen molar-refractivity contribution in [2.24, 2.45) is 5.41 Å². The van der Waals surface area contributed by atoms with Crippen molar-refractivity contribution in [1.29, 1.82) is 0 Å². The van der Waals surface area contributed by atoms with Gasteiger partial charge in [0.15, 0.2) is 0 Å². The molecule has 0 aliphatic heterocycles. The SMILES string of the molecule is CNCc1ccc(SCC(C)(C)C(=O)OC)cc1. The zero-order chi connectivity index (χ0) is 13.6. The van der Waals surface area contributed by atoms with Gasteiger partial charge in [0.2, 0.25) is 0 Å². The van der Waals surface area contributed by atoms with Crippen LogP contribution in [0.3, 0.4) is 0 Å². The van der Waals surface area contributed by atoms with Crippen LogP contribution in [0, 0.1) is 5.41 Å². The van der Waals surface area contributed by atoms with Gasteiger partial charge in [-0.2, -0.15) is 0 Å². The Morgan fingerprint density at radius 2 is 1.94 bits per heavy atom. The maximum atomic E-state index is 11.6. The van der Waals surface area contributed by atoms with Crippen molar-refractivity contribution in [2.45, 2.75) is 25.3 Å². The summed E-state index contributed by atoms with van der Waals surface area (Å²) in [5.41, 5.74) is 0.803. The van der Waals surface area contributed by atoms with Gasteiger partial charge in [0, 0.05) is 17.2 Å². The predicted octanol–water partition coefficient (Wildman–Crippen LogP) is 2.70. The average Bonchev–Trinajstić information content (AvgIpc) is 2.37. The Kier molecular flexibility index (Phi) is 5.69. The topological polar surface area (TPSA) is 38.3 Å². The van der Waals surface area contributed by atoms with Crippen LogP contribution in [0.15, 0.2) is 29.2 Å². The maximum absolute atomic E-state index is 11.6. The number of carbonyl (C=O) groups is 1. The fraction of sp³-hybridized carbons (Fsp3) is 0.500. The van der Waals surface area contributed by atoms with Crippen LogP contribution in [-0.2, 0) is 16.1 Å². The summed E-state index contributed by atoms with van der Waals surface area (Å²) in [5.74, 6) is 0.548. The molecule has 0 aliphatic carbocycles. The molecule has 18 heavy (non-hydrogen) atoms. The molecule has 1 N–H and O–H groups in total. The predicted molar refractivity (Wildman–Crippen MR) is 75.7 cm³/mol. The second kappa shape index (κ2) is 6.81. The molecule has 0 bridgehead atoms. The van der Waals surface area contributed by atoms with Crippen LogP contribution in [0.5, 0.6) is 0 Å². The average molecular weight is 267 g/mol. The zero-order valence-electron chi connectivity index (χ0n) is 11.4. The number of thioether (sulfide) groups is 1. The molecule has 3 nitrogen and oxygen atoms in total. The van der Waals surface area contributed by atoms with Gasteiger partial charge in [-0.3, -0.25) is 4.79 Å². The Balaban J connectivity index is 2.55. The van der Waals surface area contributed by atoms with Crippen LogP contribution < -0.4 is 5.32 Å². The van der Waals surface area contributed by atoms with E-state index in [0.717, 1.165) is 6.54 Å². The van der Waals surface area contributed by atoms with Crippen LogP contribution in [-0.4, -0.2) is 25.9 Å². The summed E-state index contributed by atoms with van der Waals surface area (Å²) in [6.45, 7) is 4.68. The normalized spacial score (nSPS) is 11.3. The van der Waals surface area contributed by atoms with E-state index in [1.807, 2.05) is 20.9 Å². The Morgan fingerprint density at radius 1 is 1.33 bits per heavy atom. The Morgan fingerprint density at radius 3 is 2.44 bits per heavy atom. The molecule has 1 rings (SSSR count). The maximum Gasteiger partial charge on any atom is 0.312 e. The number of hydrogen-bond acceptors (Lipinski definition) is 4. The van der Waals surface area contributed by atoms with Crippen molar-refractivity contribution in [2.75, 3.05) is 19.9 Å². The molecular formula is C14H21NO2S. The highest BCUT2D eigenvalue weighted by atomic mass is 32.2. The van der Waals surface area contributed by atoms with E-state index in [-0.39, 0.29) is 5.97 Å². The number of esters is 1. The van der Waals surface area contributed by atoms with Crippen molar-refractivity contribution in [3.8, 4) is 0 Å². The fourth-order valence-corrected chi connectivity index (χ4v) is 2.48. The van der Waals surface area contributed by atoms with Crippen molar-refractivity contribution in [3.63, 3.8) is 0 Å². The number of hydrogen-bond donors (Lipinski definition) is 1. The van der Waals surface area contributed by atoms with E-state index in [2.05, 4.69) is 29.6 Å². The summed E-state index contributed by atoms with van der Waals surface area (Å²) in [5, 5.41) is 3.11. The third-order valence-corrected chi connectivity index (χ3v) is 4.11. The van der Waals surface area contributed by atoms with Crippen LogP contribution in [0.2, 0.25) is 0 Å². The second-order valence-electron chi connectivity index (χ2n) is 4.84. The molecule has 0 heterocycles. The van der Waals surface area contributed by atoms with E-state index in [9.17, 15) is 4.79 Å². The van der Waals surface area contributed by atoms with Gasteiger partial charge in [-0.15, -0.1) is 11.8 Å². The van der Waals surface area contributed by atoms with Gasteiger partial charge in [0.05, 0.1) is 12.5 Å². The number of nitrogens with one attached hydrogen (secondary N) is 1. The van der Waals surface area contributed by atoms with Crippen molar-refractivity contribution in [1.82, 2.24) is 5.32 Å². The molecular weight excluding hydrogens is 246 g/mol. The molecule has 0 radical (unpaired) electrons. The number of ether oxygens (including phenoxy) is 1. The first-order valence-corrected chi connectivity index (χ1v) is 6.93. The first-order chi connectivity index (χ1) is 8.49. The zero-order valence-corrected chi connectivity index (χ0v) is 12.3. The van der Waals surface area contributed by atoms with Gasteiger partial charge in [-0.1, -0.05) is 12.1 Å². The third kappa shape index (κ3) is 4.35. The van der Waals surface area contributed by atoms with Gasteiger partial charge in [-0.05, 0) is 38.6 Å². The highest BCUT2D eigenvalue weighted by molar-refractivity contribution is 7.99. The Hall–Kier alpha value is -1.00. The first kappa shape index (κ1) is 15.1. The van der Waals surface area contributed by atoms with E-state index in [1.165, 1.54) is 17.6 Å². The van der Waals surface area contributed by atoms with E-state index >= 15 is 0 Å². The van der Waals surface area contributed by atoms with Gasteiger partial charge in [0.1, 0.15) is 0 Å². The number of rotatable bonds is 6. The first-order valence-electron chi connectivity index (χ1n) is 5.94. The van der Waals surface area contributed by atoms with E-state index < -0.39 is 5.41 Å². The number of carbonyl (C=O) groups excluding carboxylic acids is 1. The van der Waals surface area contributed by atoms with Gasteiger partial charge >= 0.3 is 5.97 Å². The van der Waals surface area contributed by atoms with Crippen molar-refractivity contribution < 1.29 is 9.53 Å². The molecule has 0 saturated carbocycles. The third-order valence-electron chi connectivity index (χ3n) is 2.64. The molecule has 0 atom stereocenters. The Bertz CT molecular complexity index is 387. The highest BCUT2D eigenvalue weighted by Gasteiger charge is 2.28. The largest absolute Gasteiger partial charge is 0.469 e. The summed E-state index contributed by atoms with van der Waals surface area (Å²) < 4.78 is 4.79. The quantitative estimate of drug-likeness (QED) is 0.635. The molecule has 0 unspecified atom stereocenters. The van der Waals surface area contributed by atoms with Crippen LogP contribution in [0.1, 0.15) is 19.4 Å². The molecule has 0 aromatic heterocycles. The summed E-state index contributed by atoms with van der Waals surface area (Å²) in [4.78, 5) is 12.7. The summed E-state index contributed by atoms with van der Waals surface area (Å²) >= 11 is 1.68. The molecule has 100 valence electrons. The van der Waals surface area contributed by atoms with Crippen LogP contribution in [0.4, 0.5) is 0 Å².